The van der Waals surface area contributed by atoms with Crippen LogP contribution in [0.4, 0.5) is 11.4 Å². The highest BCUT2D eigenvalue weighted by molar-refractivity contribution is 5.99. The molecule has 0 N–H and O–H groups in total. The normalized spacial score (nSPS) is 16.0. The van der Waals surface area contributed by atoms with Gasteiger partial charge in [-0.15, -0.1) is 0 Å². The quantitative estimate of drug-likeness (QED) is 0.0294. The van der Waals surface area contributed by atoms with Gasteiger partial charge in [0.25, 0.3) is 0 Å². The molecule has 0 fully saturated rings. The number of aryl methyl sites for hydroxylation is 1. The maximum absolute atomic E-state index is 14.5. The lowest BCUT2D eigenvalue weighted by molar-refractivity contribution is -0.167. The highest BCUT2D eigenvalue weighted by atomic mass is 16.7. The maximum atomic E-state index is 14.5. The van der Waals surface area contributed by atoms with Crippen molar-refractivity contribution in [2.45, 2.75) is 60.2 Å². The molecule has 6 rings (SSSR count). The van der Waals surface area contributed by atoms with Crippen molar-refractivity contribution in [1.29, 1.82) is 0 Å². The molecule has 0 saturated heterocycles. The van der Waals surface area contributed by atoms with Gasteiger partial charge >= 0.3 is 65.7 Å². The SMILES string of the molecule is CC(=O)OCOC(=O)CN(CC(=O)OCOC(C)=O)c1ccc(C)cc1OCCOc1cc2c(cc1N(CC(=O)OCOC(C)=O)CC(=O)OCOC(C)=O)C(=O)OC21c2ccc(OC(C)=O)cc2OC2=CC(OC(C)=O)C=CC21. The number of fused-ring (bicyclic) bond motifs is 6. The third-order valence-corrected chi connectivity index (χ3v) is 11.3. The lowest BCUT2D eigenvalue weighted by Gasteiger charge is -2.43. The molecule has 3 unspecified atom stereocenters. The number of hydrogen-bond acceptors (Lipinski definition) is 27. The van der Waals surface area contributed by atoms with Gasteiger partial charge in [-0.25, -0.2) is 4.79 Å². The molecule has 0 amide bonds. The zero-order chi connectivity index (χ0) is 58.3. The van der Waals surface area contributed by atoms with Crippen LogP contribution in [-0.4, -0.2) is 138 Å². The number of carbonyl (C=O) groups is 11. The van der Waals surface area contributed by atoms with E-state index in [-0.39, 0.29) is 70.0 Å². The lowest BCUT2D eigenvalue weighted by Crippen LogP contribution is -2.43. The fourth-order valence-corrected chi connectivity index (χ4v) is 8.12. The summed E-state index contributed by atoms with van der Waals surface area (Å²) in [7, 11) is 0. The summed E-state index contributed by atoms with van der Waals surface area (Å²) in [5.74, 6) is -9.95. The Morgan fingerprint density at radius 2 is 1.04 bits per heavy atom. The third kappa shape index (κ3) is 15.9. The van der Waals surface area contributed by atoms with Crippen molar-refractivity contribution in [1.82, 2.24) is 0 Å². The zero-order valence-electron chi connectivity index (χ0n) is 44.2. The van der Waals surface area contributed by atoms with Gasteiger partial charge in [0.05, 0.1) is 22.9 Å². The standard InChI is InChI=1S/C53H54N2O25/c1-29-8-13-42(54(21-48(62)73-25-69-30(2)56)22-49(63)74-26-70-31(3)57)46(16-29)67-14-15-68-47-20-41-38(19-43(47)55(23-50(64)75-27-71-32(4)58)24-51(65)76-28-72-33(5)59)52(66)80-53(41)39-11-9-36(77-34(6)60)17-44(39)79-45-18-37(78-35(7)61)10-12-40(45)53/h8-13,16-20,36,39H,14-15,21-28H2,1-7H3. The number of hydrogen-bond donors (Lipinski definition) is 0. The van der Waals surface area contributed by atoms with Crippen LogP contribution in [0.5, 0.6) is 23.0 Å². The second kappa shape index (κ2) is 27.1. The molecule has 3 aliphatic rings. The molecule has 2 heterocycles. The Balaban J connectivity index is 1.44. The summed E-state index contributed by atoms with van der Waals surface area (Å²) in [6, 6.07) is 11.8. The Hall–Kier alpha value is -9.69. The number of carbonyl (C=O) groups excluding carboxylic acids is 11. The summed E-state index contributed by atoms with van der Waals surface area (Å²) in [5.41, 5.74) is -0.885. The lowest BCUT2D eigenvalue weighted by atomic mass is 9.71. The van der Waals surface area contributed by atoms with Gasteiger partial charge in [0.1, 0.15) is 74.3 Å². The van der Waals surface area contributed by atoms with E-state index in [0.29, 0.717) is 5.56 Å². The second-order valence-corrected chi connectivity index (χ2v) is 17.3. The molecule has 27 nitrogen and oxygen atoms in total. The van der Waals surface area contributed by atoms with Crippen molar-refractivity contribution in [3.05, 3.63) is 94.8 Å². The van der Waals surface area contributed by atoms with Crippen molar-refractivity contribution >= 4 is 77.0 Å². The number of anilines is 2. The predicted molar refractivity (Wildman–Crippen MR) is 265 cm³/mol. The largest absolute Gasteiger partial charge is 0.488 e. The second-order valence-electron chi connectivity index (χ2n) is 17.3. The van der Waals surface area contributed by atoms with E-state index in [1.54, 1.807) is 31.2 Å². The average molecular weight is 1120 g/mol. The van der Waals surface area contributed by atoms with Gasteiger partial charge in [0.2, 0.25) is 27.2 Å². The van der Waals surface area contributed by atoms with Gasteiger partial charge in [-0.1, -0.05) is 12.1 Å². The van der Waals surface area contributed by atoms with E-state index in [1.165, 1.54) is 61.2 Å². The van der Waals surface area contributed by atoms with Gasteiger partial charge in [0.15, 0.2) is 5.60 Å². The Morgan fingerprint density at radius 1 is 0.537 bits per heavy atom. The Labute approximate surface area is 455 Å². The van der Waals surface area contributed by atoms with Crippen molar-refractivity contribution in [2.75, 3.05) is 76.4 Å². The summed E-state index contributed by atoms with van der Waals surface area (Å²) in [5, 5.41) is 0. The molecule has 426 valence electrons. The van der Waals surface area contributed by atoms with E-state index < -0.39 is 137 Å². The Bertz CT molecular complexity index is 2930. The number of benzene rings is 3. The topological polar surface area (TPSA) is 323 Å². The molecule has 1 aliphatic carbocycles. The molecule has 0 bridgehead atoms. The Morgan fingerprint density at radius 3 is 1.52 bits per heavy atom. The van der Waals surface area contributed by atoms with Gasteiger partial charge in [-0.2, -0.15) is 0 Å². The monoisotopic (exact) mass is 1120 g/mol. The number of esters is 11. The summed E-state index contributed by atoms with van der Waals surface area (Å²) in [4.78, 5) is 140. The molecule has 1 spiro atoms. The first kappa shape index (κ1) is 59.6. The molecule has 3 atom stereocenters. The summed E-state index contributed by atoms with van der Waals surface area (Å²) in [6.07, 6.45) is 3.73. The molecule has 27 heteroatoms. The van der Waals surface area contributed by atoms with Crippen LogP contribution in [0.25, 0.3) is 0 Å². The molecular formula is C53H54N2O25. The van der Waals surface area contributed by atoms with Gasteiger partial charge in [0, 0.05) is 58.7 Å². The smallest absolute Gasteiger partial charge is 0.339 e. The number of ether oxygens (including phenoxy) is 14. The van der Waals surface area contributed by atoms with Crippen LogP contribution in [0.2, 0.25) is 0 Å². The molecule has 0 aromatic heterocycles. The molecule has 0 radical (unpaired) electrons. The first-order valence-electron chi connectivity index (χ1n) is 24.0. The summed E-state index contributed by atoms with van der Waals surface area (Å²) < 4.78 is 75.5. The van der Waals surface area contributed by atoms with Gasteiger partial charge in [-0.3, -0.25) is 47.9 Å². The summed E-state index contributed by atoms with van der Waals surface area (Å²) in [6.45, 7) is 1.83. The van der Waals surface area contributed by atoms with E-state index in [1.807, 2.05) is 0 Å². The highest BCUT2D eigenvalue weighted by Gasteiger charge is 2.58. The predicted octanol–water partition coefficient (Wildman–Crippen LogP) is 3.05. The van der Waals surface area contributed by atoms with Gasteiger partial charge < -0.3 is 76.1 Å². The highest BCUT2D eigenvalue weighted by Crippen LogP contribution is 2.58. The fourth-order valence-electron chi connectivity index (χ4n) is 8.12. The third-order valence-electron chi connectivity index (χ3n) is 11.3. The molecule has 2 aliphatic heterocycles. The van der Waals surface area contributed by atoms with Crippen LogP contribution >= 0.6 is 0 Å². The molecule has 3 aromatic rings. The minimum absolute atomic E-state index is 0.0624. The molecular weight excluding hydrogens is 1060 g/mol. The summed E-state index contributed by atoms with van der Waals surface area (Å²) >= 11 is 0. The van der Waals surface area contributed by atoms with Crippen molar-refractivity contribution in [3.8, 4) is 23.0 Å². The van der Waals surface area contributed by atoms with Crippen molar-refractivity contribution < 1.29 is 119 Å². The zero-order valence-corrected chi connectivity index (χ0v) is 44.2. The van der Waals surface area contributed by atoms with E-state index in [9.17, 15) is 52.7 Å². The first-order chi connectivity index (χ1) is 38.0. The average Bonchev–Trinajstić information content (AvgIpc) is 3.90. The van der Waals surface area contributed by atoms with Crippen LogP contribution in [-0.2, 0) is 101 Å². The van der Waals surface area contributed by atoms with E-state index in [4.69, 9.17) is 66.3 Å². The molecule has 80 heavy (non-hydrogen) atoms. The van der Waals surface area contributed by atoms with Crippen LogP contribution in [0, 0.1) is 12.8 Å². The molecule has 3 aromatic carbocycles. The van der Waals surface area contributed by atoms with Crippen LogP contribution in [0.15, 0.2) is 72.5 Å². The number of rotatable bonds is 25. The van der Waals surface area contributed by atoms with E-state index in [0.717, 1.165) is 32.6 Å². The molecule has 0 saturated carbocycles. The minimum atomic E-state index is -1.82. The van der Waals surface area contributed by atoms with E-state index >= 15 is 0 Å². The van der Waals surface area contributed by atoms with Crippen LogP contribution in [0.3, 0.4) is 0 Å². The first-order valence-corrected chi connectivity index (χ1v) is 24.0. The van der Waals surface area contributed by atoms with Gasteiger partial charge in [-0.05, 0) is 61.0 Å². The fraction of sp³-hybridized carbons (Fsp3) is 0.377. The minimum Gasteiger partial charge on any atom is -0.488 e. The van der Waals surface area contributed by atoms with Crippen LogP contribution < -0.4 is 28.7 Å². The maximum Gasteiger partial charge on any atom is 0.339 e. The Kier molecular flexibility index (Phi) is 20.1. The van der Waals surface area contributed by atoms with Crippen molar-refractivity contribution in [2.24, 2.45) is 5.92 Å². The van der Waals surface area contributed by atoms with Crippen molar-refractivity contribution in [3.63, 3.8) is 0 Å². The number of nitrogens with zero attached hydrogens (tertiary/aromatic N) is 2. The van der Waals surface area contributed by atoms with E-state index in [2.05, 4.69) is 0 Å². The van der Waals surface area contributed by atoms with Crippen LogP contribution in [0.1, 0.15) is 68.6 Å².